The van der Waals surface area contributed by atoms with Crippen molar-refractivity contribution >= 4 is 11.9 Å². The molecule has 0 saturated heterocycles. The lowest BCUT2D eigenvalue weighted by Crippen LogP contribution is -2.40. The Balaban J connectivity index is 2.77. The number of alkyl halides is 3. The first-order valence-corrected chi connectivity index (χ1v) is 7.15. The van der Waals surface area contributed by atoms with Gasteiger partial charge in [0.05, 0.1) is 12.2 Å². The largest absolute Gasteiger partial charge is 0.449 e. The summed E-state index contributed by atoms with van der Waals surface area (Å²) in [6.45, 7) is 2.27. The fourth-order valence-electron chi connectivity index (χ4n) is 1.75. The van der Waals surface area contributed by atoms with E-state index in [9.17, 15) is 22.8 Å². The number of nitrogens with zero attached hydrogens (tertiary/aromatic N) is 2. The number of hydrogen-bond acceptors (Lipinski definition) is 4. The lowest BCUT2D eigenvalue weighted by molar-refractivity contribution is -0.189. The van der Waals surface area contributed by atoms with Crippen molar-refractivity contribution in [3.8, 4) is 0 Å². The molecule has 0 radical (unpaired) electrons. The number of esters is 1. The topological polar surface area (TPSA) is 59.5 Å². The summed E-state index contributed by atoms with van der Waals surface area (Å²) in [5.41, 5.74) is 0.535. The van der Waals surface area contributed by atoms with Crippen molar-refractivity contribution in [1.29, 1.82) is 0 Å². The van der Waals surface area contributed by atoms with Gasteiger partial charge in [0.25, 0.3) is 0 Å². The molecule has 0 spiro atoms. The molecule has 0 unspecified atom stereocenters. The zero-order valence-electron chi connectivity index (χ0n) is 13.0. The van der Waals surface area contributed by atoms with Crippen LogP contribution >= 0.6 is 0 Å². The smallest absolute Gasteiger partial charge is 0.422 e. The molecule has 0 saturated carbocycles. The highest BCUT2D eigenvalue weighted by Crippen LogP contribution is 2.15. The second-order valence-electron chi connectivity index (χ2n) is 5.21. The van der Waals surface area contributed by atoms with Gasteiger partial charge < -0.3 is 9.64 Å². The van der Waals surface area contributed by atoms with Gasteiger partial charge in [0, 0.05) is 12.7 Å². The van der Waals surface area contributed by atoms with Crippen molar-refractivity contribution in [2.24, 2.45) is 5.92 Å². The van der Waals surface area contributed by atoms with E-state index in [1.807, 2.05) is 13.8 Å². The zero-order valence-corrected chi connectivity index (χ0v) is 13.0. The first kappa shape index (κ1) is 18.9. The lowest BCUT2D eigenvalue weighted by Gasteiger charge is -2.24. The van der Waals surface area contributed by atoms with Crippen molar-refractivity contribution < 1.29 is 27.5 Å². The van der Waals surface area contributed by atoms with E-state index in [4.69, 9.17) is 0 Å². The number of carbonyl (C=O) groups excluding carboxylic acids is 2. The van der Waals surface area contributed by atoms with Crippen molar-refractivity contribution in [1.82, 2.24) is 9.88 Å². The number of rotatable bonds is 6. The standard InChI is InChI=1S/C15H19F3N2O3/c1-3-11(2)8-20(9-12-6-4-5-7-19-12)13(21)14(22)23-10-15(16,17)18/h4-7,11H,3,8-10H2,1-2H3/t11-/m0/s1. The van der Waals surface area contributed by atoms with Gasteiger partial charge in [-0.1, -0.05) is 26.3 Å². The second-order valence-corrected chi connectivity index (χ2v) is 5.21. The summed E-state index contributed by atoms with van der Waals surface area (Å²) in [5, 5.41) is 0. The SMILES string of the molecule is CC[C@H](C)CN(Cc1ccccn1)C(=O)C(=O)OCC(F)(F)F. The Morgan fingerprint density at radius 1 is 1.35 bits per heavy atom. The third kappa shape index (κ3) is 7.12. The number of amides is 1. The summed E-state index contributed by atoms with van der Waals surface area (Å²) in [6, 6.07) is 5.08. The number of aromatic nitrogens is 1. The van der Waals surface area contributed by atoms with Crippen LogP contribution < -0.4 is 0 Å². The van der Waals surface area contributed by atoms with Gasteiger partial charge in [0.1, 0.15) is 0 Å². The fraction of sp³-hybridized carbons (Fsp3) is 0.533. The molecule has 0 aromatic carbocycles. The summed E-state index contributed by atoms with van der Waals surface area (Å²) in [7, 11) is 0. The molecule has 1 aromatic rings. The molecule has 23 heavy (non-hydrogen) atoms. The van der Waals surface area contributed by atoms with E-state index in [0.29, 0.717) is 5.69 Å². The van der Waals surface area contributed by atoms with Gasteiger partial charge in [-0.15, -0.1) is 0 Å². The predicted molar refractivity (Wildman–Crippen MR) is 76.1 cm³/mol. The number of carbonyl (C=O) groups is 2. The highest BCUT2D eigenvalue weighted by molar-refractivity contribution is 6.32. The highest BCUT2D eigenvalue weighted by Gasteiger charge is 2.32. The average Bonchev–Trinajstić information content (AvgIpc) is 2.51. The number of hydrogen-bond donors (Lipinski definition) is 0. The van der Waals surface area contributed by atoms with Crippen LogP contribution in [0.3, 0.4) is 0 Å². The molecular formula is C15H19F3N2O3. The van der Waals surface area contributed by atoms with Crippen LogP contribution in [0.1, 0.15) is 26.0 Å². The zero-order chi connectivity index (χ0) is 17.5. The second kappa shape index (κ2) is 8.50. The predicted octanol–water partition coefficient (Wildman–Crippen LogP) is 2.56. The van der Waals surface area contributed by atoms with E-state index in [-0.39, 0.29) is 19.0 Å². The quantitative estimate of drug-likeness (QED) is 0.593. The maximum Gasteiger partial charge on any atom is 0.422 e. The van der Waals surface area contributed by atoms with Crippen molar-refractivity contribution in [3.63, 3.8) is 0 Å². The molecule has 128 valence electrons. The maximum atomic E-state index is 12.1. The Kier molecular flexibility index (Phi) is 6.99. The normalized spacial score (nSPS) is 12.6. The molecule has 8 heteroatoms. The molecule has 0 aliphatic rings. The Morgan fingerprint density at radius 2 is 2.04 bits per heavy atom. The minimum absolute atomic E-state index is 0.0329. The van der Waals surface area contributed by atoms with E-state index in [2.05, 4.69) is 9.72 Å². The molecule has 0 fully saturated rings. The Bertz CT molecular complexity index is 520. The van der Waals surface area contributed by atoms with Crippen molar-refractivity contribution in [3.05, 3.63) is 30.1 Å². The van der Waals surface area contributed by atoms with E-state index in [0.717, 1.165) is 11.3 Å². The molecule has 1 rings (SSSR count). The number of halogens is 3. The summed E-state index contributed by atoms with van der Waals surface area (Å²) in [4.78, 5) is 28.8. The van der Waals surface area contributed by atoms with Crippen LogP contribution in [0, 0.1) is 5.92 Å². The lowest BCUT2D eigenvalue weighted by atomic mass is 10.1. The minimum Gasteiger partial charge on any atom is -0.449 e. The fourth-order valence-corrected chi connectivity index (χ4v) is 1.75. The van der Waals surface area contributed by atoms with Gasteiger partial charge in [-0.3, -0.25) is 9.78 Å². The molecule has 0 aliphatic carbocycles. The first-order chi connectivity index (χ1) is 10.7. The molecular weight excluding hydrogens is 313 g/mol. The van der Waals surface area contributed by atoms with Gasteiger partial charge >= 0.3 is 18.1 Å². The van der Waals surface area contributed by atoms with Crippen LogP contribution in [0.5, 0.6) is 0 Å². The minimum atomic E-state index is -4.67. The van der Waals surface area contributed by atoms with Crippen LogP contribution in [-0.2, 0) is 20.9 Å². The van der Waals surface area contributed by atoms with Crippen LogP contribution in [0.4, 0.5) is 13.2 Å². The van der Waals surface area contributed by atoms with E-state index in [1.54, 1.807) is 18.2 Å². The first-order valence-electron chi connectivity index (χ1n) is 7.15. The van der Waals surface area contributed by atoms with Crippen LogP contribution in [0.25, 0.3) is 0 Å². The maximum absolute atomic E-state index is 12.1. The van der Waals surface area contributed by atoms with E-state index in [1.165, 1.54) is 6.20 Å². The molecule has 5 nitrogen and oxygen atoms in total. The molecule has 0 aliphatic heterocycles. The highest BCUT2D eigenvalue weighted by atomic mass is 19.4. The summed E-state index contributed by atoms with van der Waals surface area (Å²) < 4.78 is 40.3. The molecule has 1 aromatic heterocycles. The van der Waals surface area contributed by atoms with Gasteiger partial charge in [0.2, 0.25) is 0 Å². The van der Waals surface area contributed by atoms with Crippen molar-refractivity contribution in [2.45, 2.75) is 33.0 Å². The Hall–Kier alpha value is -2.12. The third-order valence-corrected chi connectivity index (χ3v) is 3.14. The van der Waals surface area contributed by atoms with Crippen LogP contribution in [0.15, 0.2) is 24.4 Å². The molecule has 1 heterocycles. The van der Waals surface area contributed by atoms with Gasteiger partial charge in [0.15, 0.2) is 6.61 Å². The summed E-state index contributed by atoms with van der Waals surface area (Å²) in [5.74, 6) is -2.53. The molecule has 0 bridgehead atoms. The summed E-state index contributed by atoms with van der Waals surface area (Å²) in [6.07, 6.45) is -2.38. The van der Waals surface area contributed by atoms with E-state index >= 15 is 0 Å². The van der Waals surface area contributed by atoms with Crippen LogP contribution in [0.2, 0.25) is 0 Å². The van der Waals surface area contributed by atoms with Crippen molar-refractivity contribution in [2.75, 3.05) is 13.2 Å². The molecule has 0 N–H and O–H groups in total. The number of pyridine rings is 1. The molecule has 1 amide bonds. The van der Waals surface area contributed by atoms with E-state index < -0.39 is 24.7 Å². The van der Waals surface area contributed by atoms with Gasteiger partial charge in [-0.25, -0.2) is 4.79 Å². The average molecular weight is 332 g/mol. The van der Waals surface area contributed by atoms with Gasteiger partial charge in [-0.2, -0.15) is 13.2 Å². The summed E-state index contributed by atoms with van der Waals surface area (Å²) >= 11 is 0. The number of ether oxygens (including phenoxy) is 1. The van der Waals surface area contributed by atoms with Crippen LogP contribution in [-0.4, -0.2) is 41.1 Å². The third-order valence-electron chi connectivity index (χ3n) is 3.14. The Labute approximate surface area is 132 Å². The van der Waals surface area contributed by atoms with Gasteiger partial charge in [-0.05, 0) is 18.1 Å². The molecule has 1 atom stereocenters. The monoisotopic (exact) mass is 332 g/mol. The Morgan fingerprint density at radius 3 is 2.57 bits per heavy atom.